The lowest BCUT2D eigenvalue weighted by molar-refractivity contribution is -0.124. The van der Waals surface area contributed by atoms with Gasteiger partial charge in [0, 0.05) is 0 Å². The van der Waals surface area contributed by atoms with Crippen LogP contribution in [0.5, 0.6) is 5.75 Å². The third kappa shape index (κ3) is 6.06. The maximum atomic E-state index is 13.1. The van der Waals surface area contributed by atoms with Crippen LogP contribution < -0.4 is 10.6 Å². The summed E-state index contributed by atoms with van der Waals surface area (Å²) < 4.78 is 0. The Hall–Kier alpha value is -3.86. The average Bonchev–Trinajstić information content (AvgIpc) is 2.79. The predicted octanol–water partition coefficient (Wildman–Crippen LogP) is 4.53. The summed E-state index contributed by atoms with van der Waals surface area (Å²) in [5.74, 6) is -0.826. The summed E-state index contributed by atoms with van der Waals surface area (Å²) in [6.07, 6.45) is 1.53. The molecule has 0 bridgehead atoms. The molecule has 31 heavy (non-hydrogen) atoms. The third-order valence-corrected chi connectivity index (χ3v) is 4.99. The number of benzene rings is 3. The van der Waals surface area contributed by atoms with Gasteiger partial charge in [-0.2, -0.15) is 0 Å². The predicted molar refractivity (Wildman–Crippen MR) is 122 cm³/mol. The first-order chi connectivity index (χ1) is 14.9. The lowest BCUT2D eigenvalue weighted by atomic mass is 10.0. The zero-order chi connectivity index (χ0) is 22.2. The summed E-state index contributed by atoms with van der Waals surface area (Å²) in [5, 5.41) is 15.3. The van der Waals surface area contributed by atoms with Crippen molar-refractivity contribution in [2.24, 2.45) is 0 Å². The lowest BCUT2D eigenvalue weighted by Crippen LogP contribution is -2.36. The highest BCUT2D eigenvalue weighted by molar-refractivity contribution is 6.21. The molecule has 2 amide bonds. The Morgan fingerprint density at radius 1 is 0.710 bits per heavy atom. The Bertz CT molecular complexity index is 984. The molecule has 158 valence electrons. The summed E-state index contributed by atoms with van der Waals surface area (Å²) in [4.78, 5) is 26.1. The summed E-state index contributed by atoms with van der Waals surface area (Å²) >= 11 is 0. The Balaban J connectivity index is 1.84. The van der Waals surface area contributed by atoms with Crippen LogP contribution in [0.25, 0.3) is 6.08 Å². The molecule has 0 heterocycles. The second kappa shape index (κ2) is 10.3. The number of nitrogens with one attached hydrogen (secondary N) is 2. The zero-order valence-electron chi connectivity index (χ0n) is 17.6. The molecule has 0 spiro atoms. The van der Waals surface area contributed by atoms with Crippen LogP contribution in [0.15, 0.2) is 90.5 Å². The number of hydrogen-bond acceptors (Lipinski definition) is 3. The second-order valence-corrected chi connectivity index (χ2v) is 7.36. The van der Waals surface area contributed by atoms with Crippen LogP contribution in [0.1, 0.15) is 42.6 Å². The van der Waals surface area contributed by atoms with Crippen LogP contribution >= 0.6 is 0 Å². The van der Waals surface area contributed by atoms with Gasteiger partial charge >= 0.3 is 0 Å². The van der Waals surface area contributed by atoms with E-state index in [4.69, 9.17) is 0 Å². The van der Waals surface area contributed by atoms with Crippen LogP contribution in [0.4, 0.5) is 0 Å². The van der Waals surface area contributed by atoms with Gasteiger partial charge < -0.3 is 15.7 Å². The first-order valence-electron chi connectivity index (χ1n) is 10.2. The molecule has 0 saturated carbocycles. The van der Waals surface area contributed by atoms with Crippen molar-refractivity contribution < 1.29 is 14.7 Å². The van der Waals surface area contributed by atoms with Gasteiger partial charge in [-0.15, -0.1) is 0 Å². The molecule has 0 aliphatic rings. The SMILES string of the molecule is C[C@@H](NC(=O)C(=Cc1ccc(O)cc1)C(=O)N[C@H](C)c1ccccc1)c1ccccc1. The van der Waals surface area contributed by atoms with Crippen LogP contribution in [-0.4, -0.2) is 16.9 Å². The Kier molecular flexibility index (Phi) is 7.22. The molecule has 5 nitrogen and oxygen atoms in total. The van der Waals surface area contributed by atoms with Crippen molar-refractivity contribution in [2.45, 2.75) is 25.9 Å². The maximum absolute atomic E-state index is 13.1. The molecule has 3 aromatic rings. The van der Waals surface area contributed by atoms with E-state index >= 15 is 0 Å². The van der Waals surface area contributed by atoms with E-state index in [9.17, 15) is 14.7 Å². The fraction of sp³-hybridized carbons (Fsp3) is 0.154. The molecule has 3 aromatic carbocycles. The number of carbonyl (C=O) groups is 2. The van der Waals surface area contributed by atoms with E-state index in [-0.39, 0.29) is 23.4 Å². The quantitative estimate of drug-likeness (QED) is 0.302. The van der Waals surface area contributed by atoms with Gasteiger partial charge in [-0.1, -0.05) is 72.8 Å². The monoisotopic (exact) mass is 414 g/mol. The number of hydrogen-bond donors (Lipinski definition) is 3. The molecule has 0 unspecified atom stereocenters. The smallest absolute Gasteiger partial charge is 0.257 e. The standard InChI is InChI=1S/C26H26N2O3/c1-18(21-9-5-3-6-10-21)27-25(30)24(17-20-13-15-23(29)16-14-20)26(31)28-19(2)22-11-7-4-8-12-22/h3-19,29H,1-2H3,(H,27,30)(H,28,31)/t18-,19-/m1/s1. The minimum absolute atomic E-state index is 0.00347. The van der Waals surface area contributed by atoms with E-state index < -0.39 is 11.8 Å². The molecule has 3 rings (SSSR count). The third-order valence-electron chi connectivity index (χ3n) is 4.99. The Labute approximate surface area is 182 Å². The van der Waals surface area contributed by atoms with Crippen LogP contribution in [0, 0.1) is 0 Å². The molecule has 0 fully saturated rings. The van der Waals surface area contributed by atoms with Gasteiger partial charge in [-0.05, 0) is 48.7 Å². The van der Waals surface area contributed by atoms with Gasteiger partial charge in [0.05, 0.1) is 12.1 Å². The minimum Gasteiger partial charge on any atom is -0.508 e. The molecule has 0 saturated heterocycles. The molecule has 3 N–H and O–H groups in total. The van der Waals surface area contributed by atoms with Gasteiger partial charge in [-0.3, -0.25) is 9.59 Å². The van der Waals surface area contributed by atoms with Crippen molar-refractivity contribution in [3.05, 3.63) is 107 Å². The largest absolute Gasteiger partial charge is 0.508 e. The van der Waals surface area contributed by atoms with Crippen molar-refractivity contribution >= 4 is 17.9 Å². The van der Waals surface area contributed by atoms with Gasteiger partial charge in [0.15, 0.2) is 0 Å². The van der Waals surface area contributed by atoms with Crippen molar-refractivity contribution in [1.82, 2.24) is 10.6 Å². The summed E-state index contributed by atoms with van der Waals surface area (Å²) in [5.41, 5.74) is 2.52. The molecule has 0 aliphatic carbocycles. The first-order valence-corrected chi connectivity index (χ1v) is 10.2. The van der Waals surface area contributed by atoms with Gasteiger partial charge in [0.25, 0.3) is 11.8 Å². The molecule has 0 aromatic heterocycles. The van der Waals surface area contributed by atoms with E-state index in [0.29, 0.717) is 5.56 Å². The van der Waals surface area contributed by atoms with Crippen molar-refractivity contribution in [2.75, 3.05) is 0 Å². The number of rotatable bonds is 7. The highest BCUT2D eigenvalue weighted by Gasteiger charge is 2.22. The number of amides is 2. The number of phenolic OH excluding ortho intramolecular Hbond substituents is 1. The molecular formula is C26H26N2O3. The molecule has 5 heteroatoms. The highest BCUT2D eigenvalue weighted by Crippen LogP contribution is 2.17. The van der Waals surface area contributed by atoms with Crippen LogP contribution in [0.2, 0.25) is 0 Å². The van der Waals surface area contributed by atoms with E-state index in [1.54, 1.807) is 12.1 Å². The zero-order valence-corrected chi connectivity index (χ0v) is 17.6. The fourth-order valence-corrected chi connectivity index (χ4v) is 3.17. The summed E-state index contributed by atoms with van der Waals surface area (Å²) in [6, 6.07) is 24.9. The first kappa shape index (κ1) is 21.8. The maximum Gasteiger partial charge on any atom is 0.257 e. The fourth-order valence-electron chi connectivity index (χ4n) is 3.17. The van der Waals surface area contributed by atoms with E-state index in [1.807, 2.05) is 74.5 Å². The summed E-state index contributed by atoms with van der Waals surface area (Å²) in [7, 11) is 0. The molecule has 0 aliphatic heterocycles. The van der Waals surface area contributed by atoms with E-state index in [2.05, 4.69) is 10.6 Å². The number of carbonyl (C=O) groups excluding carboxylic acids is 2. The highest BCUT2D eigenvalue weighted by atomic mass is 16.3. The Morgan fingerprint density at radius 3 is 1.55 bits per heavy atom. The van der Waals surface area contributed by atoms with Crippen molar-refractivity contribution in [1.29, 1.82) is 0 Å². The summed E-state index contributed by atoms with van der Waals surface area (Å²) in [6.45, 7) is 3.74. The number of aromatic hydroxyl groups is 1. The molecule has 0 radical (unpaired) electrons. The normalized spacial score (nSPS) is 12.3. The van der Waals surface area contributed by atoms with Gasteiger partial charge in [0.1, 0.15) is 11.3 Å². The topological polar surface area (TPSA) is 78.4 Å². The van der Waals surface area contributed by atoms with Crippen LogP contribution in [0.3, 0.4) is 0 Å². The lowest BCUT2D eigenvalue weighted by Gasteiger charge is -2.18. The second-order valence-electron chi connectivity index (χ2n) is 7.36. The van der Waals surface area contributed by atoms with Crippen molar-refractivity contribution in [3.8, 4) is 5.75 Å². The molecule has 2 atom stereocenters. The number of phenols is 1. The minimum atomic E-state index is -0.470. The van der Waals surface area contributed by atoms with Crippen LogP contribution in [-0.2, 0) is 9.59 Å². The van der Waals surface area contributed by atoms with E-state index in [0.717, 1.165) is 11.1 Å². The van der Waals surface area contributed by atoms with E-state index in [1.165, 1.54) is 18.2 Å². The van der Waals surface area contributed by atoms with Crippen molar-refractivity contribution in [3.63, 3.8) is 0 Å². The average molecular weight is 415 g/mol. The Morgan fingerprint density at radius 2 is 1.13 bits per heavy atom. The van der Waals surface area contributed by atoms with Gasteiger partial charge in [0.2, 0.25) is 0 Å². The molecular weight excluding hydrogens is 388 g/mol. The van der Waals surface area contributed by atoms with Gasteiger partial charge in [-0.25, -0.2) is 0 Å².